The summed E-state index contributed by atoms with van der Waals surface area (Å²) < 4.78 is 5.12. The van der Waals surface area contributed by atoms with Crippen molar-refractivity contribution in [3.8, 4) is 0 Å². The molecule has 1 aromatic heterocycles. The molecule has 0 aliphatic carbocycles. The van der Waals surface area contributed by atoms with Crippen LogP contribution in [-0.2, 0) is 4.79 Å². The Morgan fingerprint density at radius 1 is 1.35 bits per heavy atom. The third-order valence-corrected chi connectivity index (χ3v) is 2.75. The Kier molecular flexibility index (Phi) is 5.25. The highest BCUT2D eigenvalue weighted by molar-refractivity contribution is 5.91. The molecule has 0 bridgehead atoms. The number of carbonyl (C=O) groups is 1. The number of halogens is 1. The van der Waals surface area contributed by atoms with Crippen LogP contribution in [0.25, 0.3) is 6.08 Å². The largest absolute Gasteiger partial charge is 0.465 e. The quantitative estimate of drug-likeness (QED) is 0.753. The second-order valence-corrected chi connectivity index (χ2v) is 3.98. The predicted octanol–water partition coefficient (Wildman–Crippen LogP) is 1.49. The van der Waals surface area contributed by atoms with Gasteiger partial charge < -0.3 is 14.2 Å². The summed E-state index contributed by atoms with van der Waals surface area (Å²) in [6.45, 7) is 3.50. The zero-order valence-electron chi connectivity index (χ0n) is 9.83. The number of carbonyl (C=O) groups excluding carboxylic acids is 1. The zero-order chi connectivity index (χ0) is 11.4. The summed E-state index contributed by atoms with van der Waals surface area (Å²) in [6, 6.07) is 3.63. The maximum absolute atomic E-state index is 11.8. The number of amides is 1. The highest BCUT2D eigenvalue weighted by atomic mass is 35.5. The van der Waals surface area contributed by atoms with Gasteiger partial charge in [0.05, 0.1) is 6.26 Å². The molecule has 2 heterocycles. The minimum atomic E-state index is 0. The zero-order valence-corrected chi connectivity index (χ0v) is 10.7. The topological polar surface area (TPSA) is 36.7 Å². The summed E-state index contributed by atoms with van der Waals surface area (Å²) in [5.41, 5.74) is 0. The molecule has 0 unspecified atom stereocenters. The number of furan rings is 1. The average molecular weight is 257 g/mol. The predicted molar refractivity (Wildman–Crippen MR) is 69.1 cm³/mol. The molecule has 0 radical (unpaired) electrons. The van der Waals surface area contributed by atoms with Gasteiger partial charge >= 0.3 is 0 Å². The van der Waals surface area contributed by atoms with E-state index in [4.69, 9.17) is 4.42 Å². The molecule has 0 saturated carbocycles. The Balaban J connectivity index is 0.00000144. The van der Waals surface area contributed by atoms with E-state index in [1.165, 1.54) is 0 Å². The van der Waals surface area contributed by atoms with Gasteiger partial charge in [-0.05, 0) is 25.3 Å². The fourth-order valence-electron chi connectivity index (χ4n) is 1.67. The van der Waals surface area contributed by atoms with Gasteiger partial charge in [0.15, 0.2) is 0 Å². The summed E-state index contributed by atoms with van der Waals surface area (Å²) in [4.78, 5) is 15.9. The lowest BCUT2D eigenvalue weighted by Gasteiger charge is -2.31. The molecule has 4 nitrogen and oxygen atoms in total. The van der Waals surface area contributed by atoms with Crippen LogP contribution in [0.3, 0.4) is 0 Å². The fraction of sp³-hybridized carbons (Fsp3) is 0.417. The summed E-state index contributed by atoms with van der Waals surface area (Å²) in [6.07, 6.45) is 4.88. The van der Waals surface area contributed by atoms with E-state index in [-0.39, 0.29) is 18.3 Å². The molecule has 0 aromatic carbocycles. The Morgan fingerprint density at radius 3 is 2.65 bits per heavy atom. The molecule has 0 N–H and O–H groups in total. The van der Waals surface area contributed by atoms with E-state index >= 15 is 0 Å². The lowest BCUT2D eigenvalue weighted by Crippen LogP contribution is -2.46. The molecule has 0 atom stereocenters. The van der Waals surface area contributed by atoms with Crippen LogP contribution in [0.15, 0.2) is 28.9 Å². The van der Waals surface area contributed by atoms with Crippen molar-refractivity contribution in [2.45, 2.75) is 0 Å². The van der Waals surface area contributed by atoms with Gasteiger partial charge in [0.2, 0.25) is 5.91 Å². The van der Waals surface area contributed by atoms with Crippen molar-refractivity contribution < 1.29 is 9.21 Å². The van der Waals surface area contributed by atoms with E-state index in [2.05, 4.69) is 11.9 Å². The van der Waals surface area contributed by atoms with Gasteiger partial charge in [0.1, 0.15) is 5.76 Å². The Morgan fingerprint density at radius 2 is 2.06 bits per heavy atom. The first kappa shape index (κ1) is 13.8. The van der Waals surface area contributed by atoms with Crippen LogP contribution in [0.4, 0.5) is 0 Å². The number of likely N-dealkylation sites (N-methyl/N-ethyl adjacent to an activating group) is 1. The normalized spacial score (nSPS) is 17.1. The molecular formula is C12H17ClN2O2. The van der Waals surface area contributed by atoms with Crippen molar-refractivity contribution >= 4 is 24.4 Å². The molecular weight excluding hydrogens is 240 g/mol. The van der Waals surface area contributed by atoms with E-state index in [1.807, 2.05) is 11.0 Å². The molecule has 17 heavy (non-hydrogen) atoms. The molecule has 5 heteroatoms. The molecule has 0 spiro atoms. The Labute approximate surface area is 107 Å². The van der Waals surface area contributed by atoms with Gasteiger partial charge in [-0.3, -0.25) is 4.79 Å². The molecule has 1 fully saturated rings. The minimum absolute atomic E-state index is 0. The molecule has 1 saturated heterocycles. The Bertz CT molecular complexity index is 368. The fourth-order valence-corrected chi connectivity index (χ4v) is 1.67. The second-order valence-electron chi connectivity index (χ2n) is 3.98. The molecule has 1 aliphatic rings. The van der Waals surface area contributed by atoms with Gasteiger partial charge in [-0.15, -0.1) is 12.4 Å². The first-order chi connectivity index (χ1) is 7.75. The monoisotopic (exact) mass is 256 g/mol. The lowest BCUT2D eigenvalue weighted by molar-refractivity contribution is -0.127. The van der Waals surface area contributed by atoms with Crippen LogP contribution in [0.5, 0.6) is 0 Å². The van der Waals surface area contributed by atoms with Gasteiger partial charge in [0, 0.05) is 32.3 Å². The maximum atomic E-state index is 11.8. The number of piperazine rings is 1. The van der Waals surface area contributed by atoms with E-state index in [0.29, 0.717) is 5.76 Å². The highest BCUT2D eigenvalue weighted by Crippen LogP contribution is 2.05. The van der Waals surface area contributed by atoms with Crippen LogP contribution >= 0.6 is 12.4 Å². The third-order valence-electron chi connectivity index (χ3n) is 2.75. The summed E-state index contributed by atoms with van der Waals surface area (Å²) in [7, 11) is 2.07. The number of nitrogens with zero attached hydrogens (tertiary/aromatic N) is 2. The SMILES string of the molecule is CN1CCN(C(=O)/C=C/c2ccco2)CC1.Cl. The molecule has 1 amide bonds. The molecule has 1 aromatic rings. The van der Waals surface area contributed by atoms with Crippen molar-refractivity contribution in [1.82, 2.24) is 9.80 Å². The van der Waals surface area contributed by atoms with Crippen LogP contribution in [0.1, 0.15) is 5.76 Å². The van der Waals surface area contributed by atoms with Crippen molar-refractivity contribution in [3.63, 3.8) is 0 Å². The van der Waals surface area contributed by atoms with Crippen LogP contribution in [0, 0.1) is 0 Å². The standard InChI is InChI=1S/C12H16N2O2.ClH/c1-13-6-8-14(9-7-13)12(15)5-4-11-3-2-10-16-11;/h2-5,10H,6-9H2,1H3;1H/b5-4+;. The van der Waals surface area contributed by atoms with Crippen LogP contribution in [-0.4, -0.2) is 48.9 Å². The van der Waals surface area contributed by atoms with Crippen LogP contribution < -0.4 is 0 Å². The number of hydrogen-bond acceptors (Lipinski definition) is 3. The van der Waals surface area contributed by atoms with Gasteiger partial charge in [-0.25, -0.2) is 0 Å². The Hall–Kier alpha value is -1.26. The van der Waals surface area contributed by atoms with Crippen molar-refractivity contribution in [1.29, 1.82) is 0 Å². The van der Waals surface area contributed by atoms with E-state index in [1.54, 1.807) is 24.5 Å². The maximum Gasteiger partial charge on any atom is 0.246 e. The summed E-state index contributed by atoms with van der Waals surface area (Å²) in [5, 5.41) is 0. The van der Waals surface area contributed by atoms with E-state index in [0.717, 1.165) is 26.2 Å². The van der Waals surface area contributed by atoms with E-state index in [9.17, 15) is 4.79 Å². The smallest absolute Gasteiger partial charge is 0.246 e. The third kappa shape index (κ3) is 3.91. The van der Waals surface area contributed by atoms with Crippen molar-refractivity contribution in [3.05, 3.63) is 30.2 Å². The number of rotatable bonds is 2. The van der Waals surface area contributed by atoms with Gasteiger partial charge in [-0.1, -0.05) is 0 Å². The van der Waals surface area contributed by atoms with Crippen molar-refractivity contribution in [2.24, 2.45) is 0 Å². The van der Waals surface area contributed by atoms with Crippen LogP contribution in [0.2, 0.25) is 0 Å². The summed E-state index contributed by atoms with van der Waals surface area (Å²) in [5.74, 6) is 0.770. The van der Waals surface area contributed by atoms with Crippen molar-refractivity contribution in [2.75, 3.05) is 33.2 Å². The molecule has 1 aliphatic heterocycles. The minimum Gasteiger partial charge on any atom is -0.465 e. The first-order valence-electron chi connectivity index (χ1n) is 5.45. The van der Waals surface area contributed by atoms with Gasteiger partial charge in [-0.2, -0.15) is 0 Å². The highest BCUT2D eigenvalue weighted by Gasteiger charge is 2.16. The van der Waals surface area contributed by atoms with E-state index < -0.39 is 0 Å². The summed E-state index contributed by atoms with van der Waals surface area (Å²) >= 11 is 0. The first-order valence-corrected chi connectivity index (χ1v) is 5.45. The molecule has 2 rings (SSSR count). The van der Waals surface area contributed by atoms with Gasteiger partial charge in [0.25, 0.3) is 0 Å². The number of hydrogen-bond donors (Lipinski definition) is 0. The lowest BCUT2D eigenvalue weighted by atomic mass is 10.3. The molecule has 94 valence electrons. The second kappa shape index (κ2) is 6.47. The average Bonchev–Trinajstić information content (AvgIpc) is 2.80.